The van der Waals surface area contributed by atoms with Gasteiger partial charge >= 0.3 is 11.9 Å². The van der Waals surface area contributed by atoms with E-state index >= 15 is 0 Å². The first kappa shape index (κ1) is 24.0. The van der Waals surface area contributed by atoms with Gasteiger partial charge in [0, 0.05) is 11.1 Å². The molecular weight excluding hydrogens is 466 g/mol. The second-order valence-electron chi connectivity index (χ2n) is 6.38. The maximum absolute atomic E-state index is 11.6. The predicted octanol–water partition coefficient (Wildman–Crippen LogP) is 4.88. The zero-order chi connectivity index (χ0) is 23.0. The minimum Gasteiger partial charge on any atom is -0.465 e. The topological polar surface area (TPSA) is 95.7 Å². The third-order valence-electron chi connectivity index (χ3n) is 4.23. The standard InChI is InChI=1S/C12H11NO3.C11H11BrO3/c1-8-11(13-7-16-8)9-4-3-5-10(6-9)12(14)15-2;1-7(12)10(13)8-4-3-5-9(6-8)11(14)15-2/h3-7H,1-2H3;3-7H,1-2H3. The van der Waals surface area contributed by atoms with Crippen molar-refractivity contribution in [1.82, 2.24) is 4.98 Å². The fourth-order valence-electron chi connectivity index (χ4n) is 2.64. The Morgan fingerprint density at radius 1 is 0.935 bits per heavy atom. The molecule has 0 spiro atoms. The van der Waals surface area contributed by atoms with Crippen molar-refractivity contribution >= 4 is 33.7 Å². The molecule has 0 fully saturated rings. The van der Waals surface area contributed by atoms with Crippen molar-refractivity contribution in [2.24, 2.45) is 0 Å². The second kappa shape index (κ2) is 11.2. The van der Waals surface area contributed by atoms with Crippen molar-refractivity contribution in [2.45, 2.75) is 18.7 Å². The number of methoxy groups -OCH3 is 2. The molecule has 0 saturated heterocycles. The molecule has 0 amide bonds. The van der Waals surface area contributed by atoms with Gasteiger partial charge in [-0.1, -0.05) is 40.2 Å². The lowest BCUT2D eigenvalue weighted by Gasteiger charge is -2.04. The van der Waals surface area contributed by atoms with Crippen LogP contribution in [-0.2, 0) is 9.47 Å². The number of ketones is 1. The predicted molar refractivity (Wildman–Crippen MR) is 119 cm³/mol. The number of carbonyl (C=O) groups excluding carboxylic acids is 3. The molecule has 0 saturated carbocycles. The molecule has 0 bridgehead atoms. The zero-order valence-corrected chi connectivity index (χ0v) is 19.1. The molecule has 31 heavy (non-hydrogen) atoms. The molecule has 1 atom stereocenters. The van der Waals surface area contributed by atoms with Crippen LogP contribution in [-0.4, -0.2) is 41.8 Å². The number of ether oxygens (including phenoxy) is 2. The Kier molecular flexibility index (Phi) is 8.69. The highest BCUT2D eigenvalue weighted by Gasteiger charge is 2.14. The third kappa shape index (κ3) is 6.36. The first-order valence-electron chi connectivity index (χ1n) is 9.24. The van der Waals surface area contributed by atoms with Crippen LogP contribution >= 0.6 is 15.9 Å². The molecule has 2 aromatic carbocycles. The minimum atomic E-state index is -0.438. The van der Waals surface area contributed by atoms with Crippen LogP contribution in [0.1, 0.15) is 43.8 Å². The van der Waals surface area contributed by atoms with Crippen molar-refractivity contribution in [2.75, 3.05) is 14.2 Å². The van der Waals surface area contributed by atoms with Gasteiger partial charge in [0.25, 0.3) is 0 Å². The van der Waals surface area contributed by atoms with Gasteiger partial charge < -0.3 is 13.9 Å². The van der Waals surface area contributed by atoms with Crippen molar-refractivity contribution in [3.05, 3.63) is 77.4 Å². The van der Waals surface area contributed by atoms with Gasteiger partial charge in [0.05, 0.1) is 30.2 Å². The lowest BCUT2D eigenvalue weighted by Crippen LogP contribution is -2.11. The fourth-order valence-corrected chi connectivity index (χ4v) is 2.91. The van der Waals surface area contributed by atoms with Gasteiger partial charge in [0.2, 0.25) is 0 Å². The molecule has 1 heterocycles. The molecule has 1 aromatic heterocycles. The first-order chi connectivity index (χ1) is 14.8. The largest absolute Gasteiger partial charge is 0.465 e. The minimum absolute atomic E-state index is 0.0549. The Morgan fingerprint density at radius 3 is 2.00 bits per heavy atom. The number of hydrogen-bond acceptors (Lipinski definition) is 7. The van der Waals surface area contributed by atoms with Crippen LogP contribution in [0.4, 0.5) is 0 Å². The Hall–Kier alpha value is -3.26. The SMILES string of the molecule is COC(=O)c1cccc(-c2ncoc2C)c1.COC(=O)c1cccc(C(=O)C(C)Br)c1. The molecule has 0 aliphatic heterocycles. The summed E-state index contributed by atoms with van der Waals surface area (Å²) in [5, 5.41) is 0. The number of aromatic nitrogens is 1. The number of rotatable bonds is 5. The van der Waals surface area contributed by atoms with Gasteiger partial charge in [0.1, 0.15) is 11.5 Å². The van der Waals surface area contributed by atoms with Gasteiger partial charge in [-0.25, -0.2) is 14.6 Å². The van der Waals surface area contributed by atoms with Gasteiger partial charge in [-0.3, -0.25) is 4.79 Å². The summed E-state index contributed by atoms with van der Waals surface area (Å²) in [4.78, 5) is 38.0. The van der Waals surface area contributed by atoms with Crippen molar-refractivity contribution in [1.29, 1.82) is 0 Å². The van der Waals surface area contributed by atoms with E-state index in [0.717, 1.165) is 17.0 Å². The number of halogens is 1. The fraction of sp³-hybridized carbons (Fsp3) is 0.217. The second-order valence-corrected chi connectivity index (χ2v) is 7.76. The number of benzene rings is 2. The van der Waals surface area contributed by atoms with Crippen LogP contribution in [0.2, 0.25) is 0 Å². The summed E-state index contributed by atoms with van der Waals surface area (Å²) in [5.41, 5.74) is 2.97. The van der Waals surface area contributed by atoms with Gasteiger partial charge in [-0.15, -0.1) is 0 Å². The van der Waals surface area contributed by atoms with Crippen LogP contribution in [0.15, 0.2) is 59.3 Å². The number of hydrogen-bond donors (Lipinski definition) is 0. The maximum atomic E-state index is 11.6. The van der Waals surface area contributed by atoms with E-state index in [0.29, 0.717) is 16.7 Å². The lowest BCUT2D eigenvalue weighted by atomic mass is 10.1. The van der Waals surface area contributed by atoms with E-state index in [1.165, 1.54) is 26.7 Å². The third-order valence-corrected chi connectivity index (χ3v) is 4.65. The average Bonchev–Trinajstić information content (AvgIpc) is 3.23. The number of Topliss-reactive ketones (excluding diaryl/α,β-unsaturated/α-hetero) is 1. The molecule has 3 aromatic rings. The van der Waals surface area contributed by atoms with E-state index in [2.05, 4.69) is 30.4 Å². The highest BCUT2D eigenvalue weighted by Crippen LogP contribution is 2.22. The average molecular weight is 488 g/mol. The summed E-state index contributed by atoms with van der Waals surface area (Å²) in [5.74, 6) is -0.127. The normalized spacial score (nSPS) is 11.0. The number of aryl methyl sites for hydroxylation is 1. The molecule has 7 nitrogen and oxygen atoms in total. The lowest BCUT2D eigenvalue weighted by molar-refractivity contribution is 0.0592. The van der Waals surface area contributed by atoms with E-state index in [1.54, 1.807) is 43.3 Å². The molecule has 0 aliphatic carbocycles. The van der Waals surface area contributed by atoms with Crippen LogP contribution in [0.5, 0.6) is 0 Å². The molecule has 3 rings (SSSR count). The highest BCUT2D eigenvalue weighted by molar-refractivity contribution is 9.10. The Balaban J connectivity index is 0.000000221. The monoisotopic (exact) mass is 487 g/mol. The Labute approximate surface area is 188 Å². The molecule has 1 unspecified atom stereocenters. The van der Waals surface area contributed by atoms with E-state index in [1.807, 2.05) is 13.0 Å². The van der Waals surface area contributed by atoms with Crippen molar-refractivity contribution in [3.8, 4) is 11.3 Å². The number of oxazole rings is 1. The van der Waals surface area contributed by atoms with Crippen LogP contribution in [0, 0.1) is 6.92 Å². The highest BCUT2D eigenvalue weighted by atomic mass is 79.9. The Bertz CT molecular complexity index is 1070. The zero-order valence-electron chi connectivity index (χ0n) is 17.5. The van der Waals surface area contributed by atoms with Crippen LogP contribution in [0.25, 0.3) is 11.3 Å². The summed E-state index contributed by atoms with van der Waals surface area (Å²) in [7, 11) is 2.67. The summed E-state index contributed by atoms with van der Waals surface area (Å²) in [6.45, 7) is 3.57. The van der Waals surface area contributed by atoms with E-state index in [-0.39, 0.29) is 16.6 Å². The number of carbonyl (C=O) groups is 3. The van der Waals surface area contributed by atoms with Crippen LogP contribution in [0.3, 0.4) is 0 Å². The summed E-state index contributed by atoms with van der Waals surface area (Å²) < 4.78 is 14.3. The van der Waals surface area contributed by atoms with Crippen LogP contribution < -0.4 is 0 Å². The summed E-state index contributed by atoms with van der Waals surface area (Å²) in [6.07, 6.45) is 1.38. The number of nitrogens with zero attached hydrogens (tertiary/aromatic N) is 1. The van der Waals surface area contributed by atoms with Gasteiger partial charge in [-0.05, 0) is 38.1 Å². The van der Waals surface area contributed by atoms with E-state index in [9.17, 15) is 14.4 Å². The van der Waals surface area contributed by atoms with Crippen molar-refractivity contribution < 1.29 is 28.3 Å². The van der Waals surface area contributed by atoms with Gasteiger partial charge in [0.15, 0.2) is 12.2 Å². The Morgan fingerprint density at radius 2 is 1.48 bits per heavy atom. The molecular formula is C23H22BrNO6. The molecule has 0 N–H and O–H groups in total. The maximum Gasteiger partial charge on any atom is 0.337 e. The number of esters is 2. The molecule has 162 valence electrons. The van der Waals surface area contributed by atoms with E-state index < -0.39 is 5.97 Å². The molecule has 8 heteroatoms. The van der Waals surface area contributed by atoms with Crippen molar-refractivity contribution in [3.63, 3.8) is 0 Å². The number of alkyl halides is 1. The first-order valence-corrected chi connectivity index (χ1v) is 10.2. The molecule has 0 radical (unpaired) electrons. The smallest absolute Gasteiger partial charge is 0.337 e. The summed E-state index contributed by atoms with van der Waals surface area (Å²) in [6, 6.07) is 13.6. The van der Waals surface area contributed by atoms with E-state index in [4.69, 9.17) is 4.42 Å². The molecule has 0 aliphatic rings. The summed E-state index contributed by atoms with van der Waals surface area (Å²) >= 11 is 3.19. The van der Waals surface area contributed by atoms with Gasteiger partial charge in [-0.2, -0.15) is 0 Å². The quantitative estimate of drug-likeness (QED) is 0.287.